The molecule has 0 saturated heterocycles. The van der Waals surface area contributed by atoms with Crippen LogP contribution in [0, 0.1) is 0 Å². The molecule has 1 aromatic carbocycles. The molecule has 0 spiro atoms. The van der Waals surface area contributed by atoms with Gasteiger partial charge in [-0.2, -0.15) is 0 Å². The van der Waals surface area contributed by atoms with Crippen LogP contribution in [0.15, 0.2) is 12.1 Å². The van der Waals surface area contributed by atoms with E-state index in [1.807, 2.05) is 0 Å². The minimum atomic E-state index is -2.71. The highest BCUT2D eigenvalue weighted by Crippen LogP contribution is 2.32. The van der Waals surface area contributed by atoms with E-state index in [0.29, 0.717) is 0 Å². The Bertz CT molecular complexity index is 410. The number of hydrogen-bond donors (Lipinski definition) is 1. The zero-order chi connectivity index (χ0) is 12.3. The predicted octanol–water partition coefficient (Wildman–Crippen LogP) is 3.34. The molecule has 1 N–H and O–H groups in total. The van der Waals surface area contributed by atoms with Crippen LogP contribution in [-0.4, -0.2) is 24.1 Å². The Kier molecular flexibility index (Phi) is 4.32. The molecule has 1 aromatic rings. The summed E-state index contributed by atoms with van der Waals surface area (Å²) < 4.78 is 28.5. The molecule has 0 aliphatic rings. The second-order valence-electron chi connectivity index (χ2n) is 2.77. The van der Waals surface area contributed by atoms with Gasteiger partial charge in [-0.1, -0.05) is 23.2 Å². The molecule has 0 bridgehead atoms. The van der Waals surface area contributed by atoms with E-state index in [9.17, 15) is 13.6 Å². The summed E-state index contributed by atoms with van der Waals surface area (Å²) in [5.41, 5.74) is -0.349. The molecule has 0 atom stereocenters. The van der Waals surface area contributed by atoms with Gasteiger partial charge in [0.15, 0.2) is 5.75 Å². The summed E-state index contributed by atoms with van der Waals surface area (Å²) in [5, 5.41) is 8.76. The molecule has 0 radical (unpaired) electrons. The number of benzene rings is 1. The van der Waals surface area contributed by atoms with Crippen molar-refractivity contribution >= 4 is 29.2 Å². The van der Waals surface area contributed by atoms with Gasteiger partial charge in [0.2, 0.25) is 0 Å². The summed E-state index contributed by atoms with van der Waals surface area (Å²) in [6.07, 6.45) is -2.71. The van der Waals surface area contributed by atoms with Crippen molar-refractivity contribution in [2.45, 2.75) is 6.43 Å². The standard InChI is InChI=1S/C9H6Cl2F2O3/c10-4-1-5(9(14)15)8(6(11)2-4)16-3-7(12)13/h1-2,7H,3H2,(H,14,15). The molecule has 0 aliphatic heterocycles. The average Bonchev–Trinajstić information content (AvgIpc) is 2.14. The van der Waals surface area contributed by atoms with Crippen LogP contribution in [0.4, 0.5) is 8.78 Å². The van der Waals surface area contributed by atoms with E-state index in [-0.39, 0.29) is 21.4 Å². The number of rotatable bonds is 4. The van der Waals surface area contributed by atoms with Crippen LogP contribution in [0.5, 0.6) is 5.75 Å². The largest absolute Gasteiger partial charge is 0.485 e. The Labute approximate surface area is 99.5 Å². The maximum atomic E-state index is 11.9. The zero-order valence-electron chi connectivity index (χ0n) is 7.71. The minimum absolute atomic E-state index is 0.0896. The van der Waals surface area contributed by atoms with Crippen LogP contribution in [-0.2, 0) is 0 Å². The summed E-state index contributed by atoms with van der Waals surface area (Å²) in [7, 11) is 0. The van der Waals surface area contributed by atoms with E-state index in [4.69, 9.17) is 28.3 Å². The van der Waals surface area contributed by atoms with Gasteiger partial charge in [0.25, 0.3) is 6.43 Å². The Balaban J connectivity index is 3.09. The number of alkyl halides is 2. The topological polar surface area (TPSA) is 46.5 Å². The number of carboxylic acids is 1. The second-order valence-corrected chi connectivity index (χ2v) is 3.62. The predicted molar refractivity (Wildman–Crippen MR) is 54.9 cm³/mol. The summed E-state index contributed by atoms with van der Waals surface area (Å²) in [6, 6.07) is 2.30. The SMILES string of the molecule is O=C(O)c1cc(Cl)cc(Cl)c1OCC(F)F. The van der Waals surface area contributed by atoms with Crippen molar-refractivity contribution in [2.75, 3.05) is 6.61 Å². The maximum Gasteiger partial charge on any atom is 0.339 e. The summed E-state index contributed by atoms with van der Waals surface area (Å²) >= 11 is 11.2. The fourth-order valence-corrected chi connectivity index (χ4v) is 1.56. The Hall–Kier alpha value is -1.07. The van der Waals surface area contributed by atoms with Crippen LogP contribution in [0.2, 0.25) is 10.0 Å². The first-order valence-electron chi connectivity index (χ1n) is 4.05. The lowest BCUT2D eigenvalue weighted by Gasteiger charge is -2.10. The average molecular weight is 271 g/mol. The number of aromatic carboxylic acids is 1. The van der Waals surface area contributed by atoms with Crippen LogP contribution in [0.3, 0.4) is 0 Å². The van der Waals surface area contributed by atoms with Gasteiger partial charge in [-0.05, 0) is 12.1 Å². The van der Waals surface area contributed by atoms with Crippen LogP contribution in [0.25, 0.3) is 0 Å². The monoisotopic (exact) mass is 270 g/mol. The van der Waals surface area contributed by atoms with Gasteiger partial charge < -0.3 is 9.84 Å². The lowest BCUT2D eigenvalue weighted by molar-refractivity contribution is 0.0664. The molecule has 0 fully saturated rings. The van der Waals surface area contributed by atoms with Gasteiger partial charge in [0.1, 0.15) is 12.2 Å². The van der Waals surface area contributed by atoms with Gasteiger partial charge in [-0.3, -0.25) is 0 Å². The Morgan fingerprint density at radius 3 is 2.56 bits per heavy atom. The third-order valence-corrected chi connectivity index (χ3v) is 2.09. The summed E-state index contributed by atoms with van der Waals surface area (Å²) in [5.74, 6) is -1.66. The van der Waals surface area contributed by atoms with Crippen LogP contribution < -0.4 is 4.74 Å². The van der Waals surface area contributed by atoms with Crippen molar-refractivity contribution in [3.05, 3.63) is 27.7 Å². The molecule has 88 valence electrons. The molecule has 0 saturated carbocycles. The molecular weight excluding hydrogens is 265 g/mol. The highest BCUT2D eigenvalue weighted by atomic mass is 35.5. The Morgan fingerprint density at radius 2 is 2.06 bits per heavy atom. The third-order valence-electron chi connectivity index (χ3n) is 1.59. The van der Waals surface area contributed by atoms with Gasteiger partial charge in [-0.25, -0.2) is 13.6 Å². The molecule has 0 unspecified atom stereocenters. The van der Waals surface area contributed by atoms with Gasteiger partial charge in [0, 0.05) is 5.02 Å². The van der Waals surface area contributed by atoms with Crippen molar-refractivity contribution in [1.82, 2.24) is 0 Å². The van der Waals surface area contributed by atoms with E-state index in [1.54, 1.807) is 0 Å². The van der Waals surface area contributed by atoms with Crippen molar-refractivity contribution in [2.24, 2.45) is 0 Å². The molecule has 1 rings (SSSR count). The number of carboxylic acid groups (broad SMARTS) is 1. The number of carbonyl (C=O) groups is 1. The fraction of sp³-hybridized carbons (Fsp3) is 0.222. The Morgan fingerprint density at radius 1 is 1.44 bits per heavy atom. The lowest BCUT2D eigenvalue weighted by atomic mass is 10.2. The summed E-state index contributed by atoms with van der Waals surface area (Å²) in [6.45, 7) is -0.929. The van der Waals surface area contributed by atoms with Gasteiger partial charge in [-0.15, -0.1) is 0 Å². The smallest absolute Gasteiger partial charge is 0.339 e. The molecule has 0 aromatic heterocycles. The zero-order valence-corrected chi connectivity index (χ0v) is 9.23. The molecule has 7 heteroatoms. The quantitative estimate of drug-likeness (QED) is 0.913. The number of hydrogen-bond acceptors (Lipinski definition) is 2. The maximum absolute atomic E-state index is 11.9. The molecule has 3 nitrogen and oxygen atoms in total. The first-order valence-corrected chi connectivity index (χ1v) is 4.80. The van der Waals surface area contributed by atoms with Crippen molar-refractivity contribution in [3.8, 4) is 5.75 Å². The lowest BCUT2D eigenvalue weighted by Crippen LogP contribution is -2.10. The minimum Gasteiger partial charge on any atom is -0.485 e. The van der Waals surface area contributed by atoms with Gasteiger partial charge >= 0.3 is 5.97 Å². The van der Waals surface area contributed by atoms with Crippen LogP contribution >= 0.6 is 23.2 Å². The molecule has 0 amide bonds. The fourth-order valence-electron chi connectivity index (χ4n) is 1.01. The second kappa shape index (κ2) is 5.32. The van der Waals surface area contributed by atoms with Crippen LogP contribution in [0.1, 0.15) is 10.4 Å². The van der Waals surface area contributed by atoms with E-state index < -0.39 is 19.0 Å². The third kappa shape index (κ3) is 3.21. The number of halogens is 4. The van der Waals surface area contributed by atoms with E-state index in [0.717, 1.165) is 6.07 Å². The first-order chi connectivity index (χ1) is 7.41. The molecule has 0 heterocycles. The molecule has 16 heavy (non-hydrogen) atoms. The van der Waals surface area contributed by atoms with Crippen molar-refractivity contribution < 1.29 is 23.4 Å². The summed E-state index contributed by atoms with van der Waals surface area (Å²) in [4.78, 5) is 10.8. The van der Waals surface area contributed by atoms with Crippen molar-refractivity contribution in [1.29, 1.82) is 0 Å². The number of ether oxygens (including phenoxy) is 1. The van der Waals surface area contributed by atoms with E-state index in [1.165, 1.54) is 6.07 Å². The van der Waals surface area contributed by atoms with Crippen molar-refractivity contribution in [3.63, 3.8) is 0 Å². The molecule has 0 aliphatic carbocycles. The highest BCUT2D eigenvalue weighted by molar-refractivity contribution is 6.36. The highest BCUT2D eigenvalue weighted by Gasteiger charge is 2.17. The first kappa shape index (κ1) is 13.0. The van der Waals surface area contributed by atoms with Gasteiger partial charge in [0.05, 0.1) is 5.02 Å². The van der Waals surface area contributed by atoms with E-state index in [2.05, 4.69) is 4.74 Å². The van der Waals surface area contributed by atoms with E-state index >= 15 is 0 Å². The normalized spacial score (nSPS) is 10.6. The molecular formula is C9H6Cl2F2O3.